The Hall–Kier alpha value is -2.81. The number of nitrogens with zero attached hydrogens (tertiary/aromatic N) is 3. The summed E-state index contributed by atoms with van der Waals surface area (Å²) in [5.74, 6) is 1.35. The lowest BCUT2D eigenvalue weighted by Crippen LogP contribution is -2.52. The molecule has 1 aliphatic carbocycles. The summed E-state index contributed by atoms with van der Waals surface area (Å²) in [4.78, 5) is 26.7. The Morgan fingerprint density at radius 3 is 2.76 bits per heavy atom. The maximum absolute atomic E-state index is 12.8. The number of ether oxygens (including phenoxy) is 2. The average Bonchev–Trinajstić information content (AvgIpc) is 3.45. The van der Waals surface area contributed by atoms with E-state index < -0.39 is 5.60 Å². The molecule has 9 heteroatoms. The number of carbonyl (C=O) groups is 2. The Kier molecular flexibility index (Phi) is 5.91. The van der Waals surface area contributed by atoms with E-state index in [1.165, 1.54) is 5.56 Å². The van der Waals surface area contributed by atoms with Gasteiger partial charge < -0.3 is 24.1 Å². The molecule has 0 saturated carbocycles. The summed E-state index contributed by atoms with van der Waals surface area (Å²) in [6.07, 6.45) is 5.54. The molecule has 0 spiro atoms. The Labute approximate surface area is 199 Å². The fraction of sp³-hybridized carbons (Fsp3) is 0.640. The molecule has 2 saturated heterocycles. The zero-order valence-corrected chi connectivity index (χ0v) is 20.5. The minimum atomic E-state index is -0.483. The van der Waals surface area contributed by atoms with Crippen LogP contribution in [-0.4, -0.2) is 64.6 Å². The first-order chi connectivity index (χ1) is 16.2. The zero-order valence-electron chi connectivity index (χ0n) is 20.5. The van der Waals surface area contributed by atoms with Gasteiger partial charge in [0.25, 0.3) is 5.91 Å². The van der Waals surface area contributed by atoms with Crippen LogP contribution in [0.25, 0.3) is 11.3 Å². The first-order valence-electron chi connectivity index (χ1n) is 12.2. The molecule has 34 heavy (non-hydrogen) atoms. The fourth-order valence-electron chi connectivity index (χ4n) is 4.99. The minimum absolute atomic E-state index is 0.0916. The first-order valence-corrected chi connectivity index (χ1v) is 12.2. The lowest BCUT2D eigenvalue weighted by atomic mass is 9.93. The molecule has 0 radical (unpaired) electrons. The molecular weight excluding hydrogens is 436 g/mol. The molecule has 0 bridgehead atoms. The second-order valence-electron chi connectivity index (χ2n) is 10.7. The van der Waals surface area contributed by atoms with Crippen LogP contribution in [-0.2, 0) is 28.9 Å². The molecule has 4 heterocycles. The van der Waals surface area contributed by atoms with Gasteiger partial charge in [0, 0.05) is 62.4 Å². The zero-order chi connectivity index (χ0) is 24.0. The summed E-state index contributed by atoms with van der Waals surface area (Å²) in [5.41, 5.74) is 3.38. The van der Waals surface area contributed by atoms with Crippen LogP contribution in [0.1, 0.15) is 61.1 Å². The number of carbonyl (C=O) groups excluding carboxylic acids is 2. The Balaban J connectivity index is 1.23. The summed E-state index contributed by atoms with van der Waals surface area (Å²) in [6, 6.07) is 0. The van der Waals surface area contributed by atoms with Crippen LogP contribution in [0.5, 0.6) is 0 Å². The Morgan fingerprint density at radius 1 is 1.26 bits per heavy atom. The second-order valence-corrected chi connectivity index (χ2v) is 10.7. The van der Waals surface area contributed by atoms with Gasteiger partial charge in [-0.05, 0) is 52.5 Å². The summed E-state index contributed by atoms with van der Waals surface area (Å²) in [7, 11) is 0. The molecule has 2 aromatic heterocycles. The Bertz CT molecular complexity index is 1080. The maximum atomic E-state index is 12.8. The van der Waals surface area contributed by atoms with Gasteiger partial charge in [-0.1, -0.05) is 0 Å². The third-order valence-corrected chi connectivity index (χ3v) is 6.69. The largest absolute Gasteiger partial charge is 0.455 e. The van der Waals surface area contributed by atoms with E-state index in [-0.39, 0.29) is 18.1 Å². The lowest BCUT2D eigenvalue weighted by molar-refractivity contribution is -0.00384. The number of likely N-dealkylation sites (tertiary alicyclic amines) is 1. The SMILES string of the molecule is Cc1c(C(=O)NC[C@@H]2CCCO2)oc2c1-c1nn(CC3CN(C(=O)OC(C)(C)C)C3)cc1CC2. The van der Waals surface area contributed by atoms with Crippen LogP contribution in [0.3, 0.4) is 0 Å². The highest BCUT2D eigenvalue weighted by atomic mass is 16.6. The van der Waals surface area contributed by atoms with Crippen molar-refractivity contribution >= 4 is 12.0 Å². The molecule has 0 aromatic carbocycles. The van der Waals surface area contributed by atoms with Crippen molar-refractivity contribution in [3.8, 4) is 11.3 Å². The van der Waals surface area contributed by atoms with Crippen LogP contribution < -0.4 is 5.32 Å². The van der Waals surface area contributed by atoms with E-state index in [9.17, 15) is 9.59 Å². The lowest BCUT2D eigenvalue weighted by Gasteiger charge is -2.39. The highest BCUT2D eigenvalue weighted by molar-refractivity contribution is 5.95. The highest BCUT2D eigenvalue weighted by Gasteiger charge is 2.35. The van der Waals surface area contributed by atoms with Crippen molar-refractivity contribution in [2.45, 2.75) is 71.6 Å². The number of furan rings is 1. The molecule has 1 N–H and O–H groups in total. The van der Waals surface area contributed by atoms with Crippen molar-refractivity contribution in [1.82, 2.24) is 20.0 Å². The molecule has 1 atom stereocenters. The van der Waals surface area contributed by atoms with Crippen LogP contribution >= 0.6 is 0 Å². The predicted octanol–water partition coefficient (Wildman–Crippen LogP) is 3.33. The third-order valence-electron chi connectivity index (χ3n) is 6.69. The normalized spacial score (nSPS) is 20.0. The number of hydrogen-bond acceptors (Lipinski definition) is 6. The van der Waals surface area contributed by atoms with E-state index >= 15 is 0 Å². The number of aromatic nitrogens is 2. The summed E-state index contributed by atoms with van der Waals surface area (Å²) in [5, 5.41) is 7.82. The van der Waals surface area contributed by atoms with Gasteiger partial charge in [-0.2, -0.15) is 5.10 Å². The number of nitrogens with one attached hydrogen (secondary N) is 1. The number of rotatable bonds is 5. The third kappa shape index (κ3) is 4.58. The van der Waals surface area contributed by atoms with Crippen molar-refractivity contribution < 1.29 is 23.5 Å². The topological polar surface area (TPSA) is 98.8 Å². The van der Waals surface area contributed by atoms with Gasteiger partial charge in [0.15, 0.2) is 5.76 Å². The van der Waals surface area contributed by atoms with Gasteiger partial charge in [0.05, 0.1) is 11.8 Å². The number of aryl methyl sites for hydroxylation is 2. The van der Waals surface area contributed by atoms with E-state index in [1.807, 2.05) is 32.4 Å². The van der Waals surface area contributed by atoms with Crippen LogP contribution in [0.2, 0.25) is 0 Å². The molecule has 9 nitrogen and oxygen atoms in total. The first kappa shape index (κ1) is 23.0. The summed E-state index contributed by atoms with van der Waals surface area (Å²) >= 11 is 0. The highest BCUT2D eigenvalue weighted by Crippen LogP contribution is 2.38. The molecule has 0 unspecified atom stereocenters. The van der Waals surface area contributed by atoms with E-state index in [0.717, 1.165) is 61.4 Å². The van der Waals surface area contributed by atoms with E-state index in [2.05, 4.69) is 11.5 Å². The monoisotopic (exact) mass is 470 g/mol. The van der Waals surface area contributed by atoms with Gasteiger partial charge in [0.2, 0.25) is 0 Å². The standard InChI is InChI=1S/C25H34N4O5/c1-15-20-19(33-22(15)23(30)26-10-18-6-5-9-32-18)8-7-17-14-29(27-21(17)20)13-16-11-28(12-16)24(31)34-25(2,3)4/h14,16,18H,5-13H2,1-4H3,(H,26,30)/t18-/m0/s1. The second kappa shape index (κ2) is 8.76. The fourth-order valence-corrected chi connectivity index (χ4v) is 4.99. The molecule has 2 aliphatic heterocycles. The van der Waals surface area contributed by atoms with E-state index in [1.54, 1.807) is 4.90 Å². The molecule has 2 aromatic rings. The summed E-state index contributed by atoms with van der Waals surface area (Å²) in [6.45, 7) is 10.9. The molecule has 5 rings (SSSR count). The average molecular weight is 471 g/mol. The van der Waals surface area contributed by atoms with Crippen molar-refractivity contribution in [3.63, 3.8) is 0 Å². The minimum Gasteiger partial charge on any atom is -0.455 e. The number of hydrogen-bond donors (Lipinski definition) is 1. The molecule has 3 aliphatic rings. The van der Waals surface area contributed by atoms with E-state index in [4.69, 9.17) is 19.0 Å². The van der Waals surface area contributed by atoms with Crippen molar-refractivity contribution in [3.05, 3.63) is 28.8 Å². The van der Waals surface area contributed by atoms with Crippen LogP contribution in [0.15, 0.2) is 10.6 Å². The molecule has 2 fully saturated rings. The molecule has 2 amide bonds. The van der Waals surface area contributed by atoms with Crippen molar-refractivity contribution in [1.29, 1.82) is 0 Å². The van der Waals surface area contributed by atoms with Gasteiger partial charge in [-0.25, -0.2) is 4.79 Å². The van der Waals surface area contributed by atoms with Gasteiger partial charge in [0.1, 0.15) is 11.4 Å². The van der Waals surface area contributed by atoms with Crippen molar-refractivity contribution in [2.24, 2.45) is 5.92 Å². The predicted molar refractivity (Wildman–Crippen MR) is 125 cm³/mol. The number of fused-ring (bicyclic) bond motifs is 3. The van der Waals surface area contributed by atoms with Crippen LogP contribution in [0.4, 0.5) is 4.79 Å². The molecular formula is C25H34N4O5. The van der Waals surface area contributed by atoms with Gasteiger partial charge in [-0.3, -0.25) is 9.48 Å². The van der Waals surface area contributed by atoms with Gasteiger partial charge in [-0.15, -0.1) is 0 Å². The van der Waals surface area contributed by atoms with Gasteiger partial charge >= 0.3 is 6.09 Å². The van der Waals surface area contributed by atoms with Crippen LogP contribution in [0, 0.1) is 12.8 Å². The molecule has 184 valence electrons. The number of amides is 2. The smallest absolute Gasteiger partial charge is 0.410 e. The quantitative estimate of drug-likeness (QED) is 0.720. The summed E-state index contributed by atoms with van der Waals surface area (Å²) < 4.78 is 19.0. The maximum Gasteiger partial charge on any atom is 0.410 e. The Morgan fingerprint density at radius 2 is 2.06 bits per heavy atom. The van der Waals surface area contributed by atoms with E-state index in [0.29, 0.717) is 31.3 Å². The van der Waals surface area contributed by atoms with Crippen molar-refractivity contribution in [2.75, 3.05) is 26.2 Å².